The Hall–Kier alpha value is 0.200. The van der Waals surface area contributed by atoms with Gasteiger partial charge in [0.25, 0.3) is 0 Å². The molecule has 1 aromatic rings. The fourth-order valence-corrected chi connectivity index (χ4v) is 1.78. The van der Waals surface area contributed by atoms with Gasteiger partial charge in [0.2, 0.25) is 0 Å². The molecule has 0 atom stereocenters. The Kier molecular flexibility index (Phi) is 2.95. The smallest absolute Gasteiger partial charge is 0.147 e. The standard InChI is InChI=1S/C5H4BrClN2S/c1-10-5-3(6)4(7)8-2-9-5/h2H,1H3. The van der Waals surface area contributed by atoms with E-state index in [2.05, 4.69) is 25.9 Å². The summed E-state index contributed by atoms with van der Waals surface area (Å²) >= 11 is 10.5. The summed E-state index contributed by atoms with van der Waals surface area (Å²) in [7, 11) is 0. The fraction of sp³-hybridized carbons (Fsp3) is 0.200. The third-order valence-corrected chi connectivity index (χ3v) is 3.13. The molecule has 1 heterocycles. The number of aromatic nitrogens is 2. The number of hydrogen-bond acceptors (Lipinski definition) is 3. The van der Waals surface area contributed by atoms with Gasteiger partial charge in [0, 0.05) is 0 Å². The second kappa shape index (κ2) is 3.55. The normalized spacial score (nSPS) is 9.90. The monoisotopic (exact) mass is 238 g/mol. The Labute approximate surface area is 76.5 Å². The van der Waals surface area contributed by atoms with E-state index in [1.165, 1.54) is 18.1 Å². The second-order valence-electron chi connectivity index (χ2n) is 1.49. The number of hydrogen-bond donors (Lipinski definition) is 0. The van der Waals surface area contributed by atoms with Crippen LogP contribution in [0.15, 0.2) is 15.8 Å². The lowest BCUT2D eigenvalue weighted by molar-refractivity contribution is 1.03. The molecule has 0 saturated heterocycles. The van der Waals surface area contributed by atoms with Crippen LogP contribution in [0.5, 0.6) is 0 Å². The highest BCUT2D eigenvalue weighted by Gasteiger charge is 2.03. The van der Waals surface area contributed by atoms with Crippen LogP contribution in [-0.4, -0.2) is 16.2 Å². The van der Waals surface area contributed by atoms with Crippen LogP contribution in [0.4, 0.5) is 0 Å². The molecular weight excluding hydrogens is 235 g/mol. The molecular formula is C5H4BrClN2S. The molecule has 0 N–H and O–H groups in total. The minimum absolute atomic E-state index is 0.458. The van der Waals surface area contributed by atoms with E-state index >= 15 is 0 Å². The van der Waals surface area contributed by atoms with Crippen LogP contribution in [0, 0.1) is 0 Å². The minimum Gasteiger partial charge on any atom is -0.229 e. The van der Waals surface area contributed by atoms with Crippen LogP contribution >= 0.6 is 39.3 Å². The number of thioether (sulfide) groups is 1. The van der Waals surface area contributed by atoms with Gasteiger partial charge < -0.3 is 0 Å². The molecule has 0 aliphatic heterocycles. The molecule has 0 radical (unpaired) electrons. The van der Waals surface area contributed by atoms with Crippen molar-refractivity contribution in [3.05, 3.63) is 16.0 Å². The van der Waals surface area contributed by atoms with Gasteiger partial charge in [0.15, 0.2) is 0 Å². The topological polar surface area (TPSA) is 25.8 Å². The average Bonchev–Trinajstić information content (AvgIpc) is 1.95. The number of rotatable bonds is 1. The Morgan fingerprint density at radius 1 is 1.60 bits per heavy atom. The Morgan fingerprint density at radius 2 is 2.30 bits per heavy atom. The molecule has 0 unspecified atom stereocenters. The van der Waals surface area contributed by atoms with Crippen molar-refractivity contribution in [1.82, 2.24) is 9.97 Å². The summed E-state index contributed by atoms with van der Waals surface area (Å²) in [6.07, 6.45) is 3.38. The van der Waals surface area contributed by atoms with E-state index in [0.717, 1.165) is 9.50 Å². The van der Waals surface area contributed by atoms with Crippen molar-refractivity contribution in [2.45, 2.75) is 5.03 Å². The SMILES string of the molecule is CSc1ncnc(Cl)c1Br. The summed E-state index contributed by atoms with van der Waals surface area (Å²) in [5.74, 6) is 0. The highest BCUT2D eigenvalue weighted by atomic mass is 79.9. The largest absolute Gasteiger partial charge is 0.229 e. The van der Waals surface area contributed by atoms with Crippen LogP contribution < -0.4 is 0 Å². The summed E-state index contributed by atoms with van der Waals surface area (Å²) in [5, 5.41) is 1.32. The van der Waals surface area contributed by atoms with Crippen molar-refractivity contribution in [2.24, 2.45) is 0 Å². The summed E-state index contributed by atoms with van der Waals surface area (Å²) in [4.78, 5) is 7.76. The molecule has 0 fully saturated rings. The van der Waals surface area contributed by atoms with Gasteiger partial charge in [-0.25, -0.2) is 9.97 Å². The first-order chi connectivity index (χ1) is 4.75. The van der Waals surface area contributed by atoms with Crippen molar-refractivity contribution in [1.29, 1.82) is 0 Å². The van der Waals surface area contributed by atoms with Crippen LogP contribution in [0.3, 0.4) is 0 Å². The number of nitrogens with zero attached hydrogens (tertiary/aromatic N) is 2. The quantitative estimate of drug-likeness (QED) is 0.556. The van der Waals surface area contributed by atoms with Gasteiger partial charge in [-0.15, -0.1) is 11.8 Å². The van der Waals surface area contributed by atoms with E-state index in [9.17, 15) is 0 Å². The Balaban J connectivity index is 3.14. The van der Waals surface area contributed by atoms with Crippen molar-refractivity contribution < 1.29 is 0 Å². The molecule has 2 nitrogen and oxygen atoms in total. The van der Waals surface area contributed by atoms with Gasteiger partial charge in [0.05, 0.1) is 4.47 Å². The zero-order chi connectivity index (χ0) is 7.56. The third kappa shape index (κ3) is 1.62. The molecule has 0 bridgehead atoms. The van der Waals surface area contributed by atoms with Crippen molar-refractivity contribution in [3.63, 3.8) is 0 Å². The molecule has 1 aromatic heterocycles. The van der Waals surface area contributed by atoms with Gasteiger partial charge in [-0.3, -0.25) is 0 Å². The first-order valence-corrected chi connectivity index (χ1v) is 4.85. The molecule has 0 amide bonds. The first kappa shape index (κ1) is 8.30. The maximum absolute atomic E-state index is 5.68. The predicted molar refractivity (Wildman–Crippen MR) is 46.5 cm³/mol. The molecule has 54 valence electrons. The van der Waals surface area contributed by atoms with Crippen molar-refractivity contribution in [3.8, 4) is 0 Å². The zero-order valence-electron chi connectivity index (χ0n) is 5.14. The maximum Gasteiger partial charge on any atom is 0.147 e. The highest BCUT2D eigenvalue weighted by molar-refractivity contribution is 9.10. The van der Waals surface area contributed by atoms with E-state index in [0.29, 0.717) is 5.15 Å². The Bertz CT molecular complexity index is 243. The van der Waals surface area contributed by atoms with Crippen molar-refractivity contribution >= 4 is 39.3 Å². The summed E-state index contributed by atoms with van der Waals surface area (Å²) in [6, 6.07) is 0. The fourth-order valence-electron chi connectivity index (χ4n) is 0.476. The highest BCUT2D eigenvalue weighted by Crippen LogP contribution is 2.27. The molecule has 5 heteroatoms. The third-order valence-electron chi connectivity index (χ3n) is 0.908. The lowest BCUT2D eigenvalue weighted by Gasteiger charge is -1.97. The van der Waals surface area contributed by atoms with Gasteiger partial charge in [-0.2, -0.15) is 0 Å². The zero-order valence-corrected chi connectivity index (χ0v) is 8.29. The van der Waals surface area contributed by atoms with Crippen LogP contribution in [-0.2, 0) is 0 Å². The molecule has 0 aromatic carbocycles. The minimum atomic E-state index is 0.458. The molecule has 0 aliphatic carbocycles. The molecule has 0 saturated carbocycles. The van der Waals surface area contributed by atoms with Gasteiger partial charge in [-0.1, -0.05) is 11.6 Å². The van der Waals surface area contributed by atoms with Crippen LogP contribution in [0.25, 0.3) is 0 Å². The number of halogens is 2. The van der Waals surface area contributed by atoms with Gasteiger partial charge >= 0.3 is 0 Å². The van der Waals surface area contributed by atoms with E-state index in [4.69, 9.17) is 11.6 Å². The predicted octanol–water partition coefficient (Wildman–Crippen LogP) is 2.61. The lowest BCUT2D eigenvalue weighted by Crippen LogP contribution is -1.84. The Morgan fingerprint density at radius 3 is 2.80 bits per heavy atom. The molecule has 0 aliphatic rings. The van der Waals surface area contributed by atoms with Crippen LogP contribution in [0.2, 0.25) is 5.15 Å². The van der Waals surface area contributed by atoms with Gasteiger partial charge in [-0.05, 0) is 22.2 Å². The lowest BCUT2D eigenvalue weighted by atomic mass is 10.7. The van der Waals surface area contributed by atoms with E-state index < -0.39 is 0 Å². The molecule has 0 spiro atoms. The van der Waals surface area contributed by atoms with E-state index in [-0.39, 0.29) is 0 Å². The molecule has 1 rings (SSSR count). The average molecular weight is 240 g/mol. The maximum atomic E-state index is 5.68. The van der Waals surface area contributed by atoms with Crippen molar-refractivity contribution in [2.75, 3.05) is 6.26 Å². The van der Waals surface area contributed by atoms with Gasteiger partial charge in [0.1, 0.15) is 16.5 Å². The first-order valence-electron chi connectivity index (χ1n) is 2.45. The summed E-state index contributed by atoms with van der Waals surface area (Å²) in [5.41, 5.74) is 0. The second-order valence-corrected chi connectivity index (χ2v) is 3.43. The van der Waals surface area contributed by atoms with E-state index in [1.807, 2.05) is 6.26 Å². The summed E-state index contributed by atoms with van der Waals surface area (Å²) in [6.45, 7) is 0. The van der Waals surface area contributed by atoms with Crippen LogP contribution in [0.1, 0.15) is 0 Å². The summed E-state index contributed by atoms with van der Waals surface area (Å²) < 4.78 is 0.768. The molecule has 10 heavy (non-hydrogen) atoms. The van der Waals surface area contributed by atoms with E-state index in [1.54, 1.807) is 0 Å².